The Morgan fingerprint density at radius 1 is 1.50 bits per heavy atom. The van der Waals surface area contributed by atoms with E-state index in [1.165, 1.54) is 6.42 Å². The molecule has 2 saturated heterocycles. The molecule has 3 nitrogen and oxygen atoms in total. The normalized spacial score (nSPS) is 41.6. The van der Waals surface area contributed by atoms with Crippen molar-refractivity contribution in [1.29, 1.82) is 0 Å². The summed E-state index contributed by atoms with van der Waals surface area (Å²) in [6.07, 6.45) is 3.19. The van der Waals surface area contributed by atoms with Crippen molar-refractivity contribution >= 4 is 5.97 Å². The summed E-state index contributed by atoms with van der Waals surface area (Å²) in [5.41, 5.74) is 0. The van der Waals surface area contributed by atoms with E-state index in [1.807, 2.05) is 0 Å². The largest absolute Gasteiger partial charge is 0.481 e. The highest BCUT2D eigenvalue weighted by Crippen LogP contribution is 2.38. The van der Waals surface area contributed by atoms with Crippen LogP contribution in [0.1, 0.15) is 19.3 Å². The lowest BCUT2D eigenvalue weighted by Crippen LogP contribution is -2.51. The lowest BCUT2D eigenvalue weighted by Gasteiger charge is -2.46. The molecule has 0 spiro atoms. The van der Waals surface area contributed by atoms with Crippen LogP contribution >= 0.6 is 0 Å². The van der Waals surface area contributed by atoms with Gasteiger partial charge in [0.25, 0.3) is 0 Å². The van der Waals surface area contributed by atoms with Gasteiger partial charge in [0.2, 0.25) is 0 Å². The molecule has 0 aromatic rings. The van der Waals surface area contributed by atoms with E-state index in [2.05, 4.69) is 11.9 Å². The third-order valence-corrected chi connectivity index (χ3v) is 3.43. The van der Waals surface area contributed by atoms with E-state index in [0.717, 1.165) is 19.4 Å². The minimum atomic E-state index is -0.585. The monoisotopic (exact) mass is 169 g/mol. The van der Waals surface area contributed by atoms with Gasteiger partial charge in [-0.15, -0.1) is 0 Å². The topological polar surface area (TPSA) is 40.5 Å². The zero-order valence-corrected chi connectivity index (χ0v) is 7.36. The molecular formula is C9H15NO2. The van der Waals surface area contributed by atoms with Gasteiger partial charge in [-0.05, 0) is 32.2 Å². The predicted octanol–water partition coefficient (Wildman–Crippen LogP) is 0.801. The number of nitrogens with zero attached hydrogens (tertiary/aromatic N) is 1. The maximum Gasteiger partial charge on any atom is 0.306 e. The predicted molar refractivity (Wildman–Crippen MR) is 44.9 cm³/mol. The molecule has 3 unspecified atom stereocenters. The van der Waals surface area contributed by atoms with Gasteiger partial charge in [0.1, 0.15) is 0 Å². The van der Waals surface area contributed by atoms with E-state index >= 15 is 0 Å². The van der Waals surface area contributed by atoms with Crippen molar-refractivity contribution in [3.63, 3.8) is 0 Å². The first-order valence-electron chi connectivity index (χ1n) is 4.61. The number of hydrogen-bond donors (Lipinski definition) is 1. The van der Waals surface area contributed by atoms with Crippen LogP contribution in [0.4, 0.5) is 0 Å². The first-order chi connectivity index (χ1) is 5.68. The number of carboxylic acids is 1. The summed E-state index contributed by atoms with van der Waals surface area (Å²) in [6.45, 7) is 0.988. The summed E-state index contributed by atoms with van der Waals surface area (Å²) < 4.78 is 0. The van der Waals surface area contributed by atoms with Crippen LogP contribution in [0.15, 0.2) is 0 Å². The Morgan fingerprint density at radius 2 is 2.25 bits per heavy atom. The summed E-state index contributed by atoms with van der Waals surface area (Å²) in [4.78, 5) is 13.1. The minimum Gasteiger partial charge on any atom is -0.481 e. The van der Waals surface area contributed by atoms with Crippen molar-refractivity contribution in [3.8, 4) is 0 Å². The van der Waals surface area contributed by atoms with E-state index < -0.39 is 5.97 Å². The van der Waals surface area contributed by atoms with Crippen molar-refractivity contribution in [2.24, 2.45) is 11.8 Å². The molecule has 1 N–H and O–H groups in total. The number of piperidine rings is 2. The molecule has 1 saturated carbocycles. The van der Waals surface area contributed by atoms with Crippen LogP contribution in [-0.4, -0.2) is 35.6 Å². The van der Waals surface area contributed by atoms with Gasteiger partial charge < -0.3 is 10.0 Å². The summed E-state index contributed by atoms with van der Waals surface area (Å²) >= 11 is 0. The average Bonchev–Trinajstić information content (AvgIpc) is 2.04. The quantitative estimate of drug-likeness (QED) is 0.631. The summed E-state index contributed by atoms with van der Waals surface area (Å²) in [7, 11) is 2.11. The lowest BCUT2D eigenvalue weighted by molar-refractivity contribution is -0.149. The van der Waals surface area contributed by atoms with Gasteiger partial charge in [0.05, 0.1) is 5.92 Å². The molecule has 2 aliphatic heterocycles. The zero-order chi connectivity index (χ0) is 8.72. The standard InChI is InChI=1S/C9H15NO2/c1-10-5-6-2-3-7(10)4-8(6)9(11)12/h6-8H,2-5H2,1H3,(H,11,12). The fourth-order valence-electron chi connectivity index (χ4n) is 2.65. The highest BCUT2D eigenvalue weighted by Gasteiger charge is 2.41. The van der Waals surface area contributed by atoms with Gasteiger partial charge >= 0.3 is 5.97 Å². The number of carboxylic acid groups (broad SMARTS) is 1. The van der Waals surface area contributed by atoms with Gasteiger partial charge in [-0.1, -0.05) is 0 Å². The maximum absolute atomic E-state index is 10.8. The molecule has 3 aliphatic rings. The van der Waals surface area contributed by atoms with Crippen molar-refractivity contribution in [3.05, 3.63) is 0 Å². The number of aliphatic carboxylic acids is 1. The molecule has 3 heteroatoms. The van der Waals surface area contributed by atoms with E-state index in [-0.39, 0.29) is 5.92 Å². The van der Waals surface area contributed by atoms with Gasteiger partial charge in [0, 0.05) is 12.6 Å². The van der Waals surface area contributed by atoms with Crippen LogP contribution in [0.3, 0.4) is 0 Å². The number of fused-ring (bicyclic) bond motifs is 3. The number of rotatable bonds is 1. The van der Waals surface area contributed by atoms with Gasteiger partial charge in [-0.25, -0.2) is 0 Å². The molecule has 0 aromatic heterocycles. The van der Waals surface area contributed by atoms with Crippen LogP contribution in [0, 0.1) is 11.8 Å². The number of carbonyl (C=O) groups is 1. The van der Waals surface area contributed by atoms with Gasteiger partial charge in [-0.2, -0.15) is 0 Å². The first-order valence-corrected chi connectivity index (χ1v) is 4.61. The summed E-state index contributed by atoms with van der Waals surface area (Å²) in [5.74, 6) is -0.227. The fourth-order valence-corrected chi connectivity index (χ4v) is 2.65. The van der Waals surface area contributed by atoms with Crippen LogP contribution in [-0.2, 0) is 4.79 Å². The summed E-state index contributed by atoms with van der Waals surface area (Å²) in [5, 5.41) is 8.93. The molecule has 1 aliphatic carbocycles. The van der Waals surface area contributed by atoms with Gasteiger partial charge in [0.15, 0.2) is 0 Å². The second-order valence-corrected chi connectivity index (χ2v) is 4.11. The van der Waals surface area contributed by atoms with Crippen LogP contribution in [0.5, 0.6) is 0 Å². The zero-order valence-electron chi connectivity index (χ0n) is 7.36. The van der Waals surface area contributed by atoms with E-state index in [9.17, 15) is 4.79 Å². The smallest absolute Gasteiger partial charge is 0.306 e. The highest BCUT2D eigenvalue weighted by atomic mass is 16.4. The third kappa shape index (κ3) is 1.12. The van der Waals surface area contributed by atoms with Crippen molar-refractivity contribution in [1.82, 2.24) is 4.90 Å². The average molecular weight is 169 g/mol. The maximum atomic E-state index is 10.8. The van der Waals surface area contributed by atoms with Crippen LogP contribution < -0.4 is 0 Å². The van der Waals surface area contributed by atoms with E-state index in [1.54, 1.807) is 0 Å². The molecule has 3 atom stereocenters. The van der Waals surface area contributed by atoms with Crippen molar-refractivity contribution in [2.45, 2.75) is 25.3 Å². The number of hydrogen-bond acceptors (Lipinski definition) is 2. The Labute approximate surface area is 72.4 Å². The molecule has 3 rings (SSSR count). The highest BCUT2D eigenvalue weighted by molar-refractivity contribution is 5.70. The Kier molecular flexibility index (Phi) is 1.83. The second kappa shape index (κ2) is 2.73. The van der Waals surface area contributed by atoms with Crippen LogP contribution in [0.25, 0.3) is 0 Å². The fraction of sp³-hybridized carbons (Fsp3) is 0.889. The molecular weight excluding hydrogens is 154 g/mol. The Balaban J connectivity index is 2.10. The molecule has 0 aromatic carbocycles. The molecule has 0 radical (unpaired) electrons. The summed E-state index contributed by atoms with van der Waals surface area (Å²) in [6, 6.07) is 0.538. The Hall–Kier alpha value is -0.570. The Bertz CT molecular complexity index is 205. The molecule has 2 heterocycles. The SMILES string of the molecule is CN1CC2CCC1CC2C(=O)O. The third-order valence-electron chi connectivity index (χ3n) is 3.43. The van der Waals surface area contributed by atoms with Crippen LogP contribution in [0.2, 0.25) is 0 Å². The minimum absolute atomic E-state index is 0.0556. The van der Waals surface area contributed by atoms with E-state index in [4.69, 9.17) is 5.11 Å². The molecule has 68 valence electrons. The lowest BCUT2D eigenvalue weighted by atomic mass is 9.72. The molecule has 0 amide bonds. The van der Waals surface area contributed by atoms with Crippen molar-refractivity contribution in [2.75, 3.05) is 13.6 Å². The van der Waals surface area contributed by atoms with Crippen molar-refractivity contribution < 1.29 is 9.90 Å². The molecule has 12 heavy (non-hydrogen) atoms. The second-order valence-electron chi connectivity index (χ2n) is 4.11. The molecule has 2 bridgehead atoms. The molecule has 3 fully saturated rings. The first kappa shape index (κ1) is 8.05. The van der Waals surface area contributed by atoms with Gasteiger partial charge in [-0.3, -0.25) is 4.79 Å². The Morgan fingerprint density at radius 3 is 2.67 bits per heavy atom. The van der Waals surface area contributed by atoms with E-state index in [0.29, 0.717) is 12.0 Å².